The smallest absolute Gasteiger partial charge is 0.343 e. The van der Waals surface area contributed by atoms with E-state index in [2.05, 4.69) is 9.73 Å². The second-order valence-corrected chi connectivity index (χ2v) is 9.67. The minimum absolute atomic E-state index is 0.109. The van der Waals surface area contributed by atoms with Gasteiger partial charge < -0.3 is 18.9 Å². The molecule has 1 aliphatic rings. The number of ether oxygens (including phenoxy) is 4. The third-order valence-corrected chi connectivity index (χ3v) is 7.04. The SMILES string of the molecule is CCOC(=O)C1=C(C)N=c2s/c(=C\c3cccc([N+](=O)[O-])c3)c(=O)n2[C@H]1c1ccc(OCC(=O)OC)c(OCC)c1. The highest BCUT2D eigenvalue weighted by Crippen LogP contribution is 2.36. The number of hydrogen-bond donors (Lipinski definition) is 0. The van der Waals surface area contributed by atoms with E-state index in [4.69, 9.17) is 14.2 Å². The number of carbonyl (C=O) groups is 2. The Kier molecular flexibility index (Phi) is 8.97. The molecular formula is C28H27N3O9S. The fourth-order valence-corrected chi connectivity index (χ4v) is 5.31. The standard InChI is InChI=1S/C28H27N3O9S/c1-5-38-21-14-18(10-11-20(21)40-15-23(32)37-4)25-24(27(34)39-6-2)16(3)29-28-30(25)26(33)22(41-28)13-17-8-7-9-19(12-17)31(35)36/h7-14,25H,5-6,15H2,1-4H3/b22-13-/t25-/m0/s1. The fourth-order valence-electron chi connectivity index (χ4n) is 4.26. The average molecular weight is 582 g/mol. The topological polar surface area (TPSA) is 149 Å². The van der Waals surface area contributed by atoms with E-state index in [0.717, 1.165) is 11.3 Å². The summed E-state index contributed by atoms with van der Waals surface area (Å²) in [5.74, 6) is -0.630. The molecule has 0 bridgehead atoms. The normalized spacial score (nSPS) is 14.6. The molecule has 0 aliphatic carbocycles. The maximum Gasteiger partial charge on any atom is 0.343 e. The number of aromatic nitrogens is 1. The molecular weight excluding hydrogens is 554 g/mol. The molecule has 1 aliphatic heterocycles. The molecule has 0 fully saturated rings. The van der Waals surface area contributed by atoms with Gasteiger partial charge in [-0.2, -0.15) is 0 Å². The number of non-ortho nitro benzene ring substituents is 1. The molecule has 214 valence electrons. The maximum absolute atomic E-state index is 13.8. The number of nitro groups is 1. The lowest BCUT2D eigenvalue weighted by Gasteiger charge is -2.25. The number of nitro benzene ring substituents is 1. The molecule has 0 saturated carbocycles. The van der Waals surface area contributed by atoms with Gasteiger partial charge >= 0.3 is 11.9 Å². The first-order chi connectivity index (χ1) is 19.7. The van der Waals surface area contributed by atoms with Gasteiger partial charge in [-0.15, -0.1) is 0 Å². The molecule has 1 atom stereocenters. The van der Waals surface area contributed by atoms with Crippen molar-refractivity contribution in [3.63, 3.8) is 0 Å². The number of thiazole rings is 1. The Hall–Kier alpha value is -4.78. The Bertz CT molecular complexity index is 1720. The molecule has 41 heavy (non-hydrogen) atoms. The Morgan fingerprint density at radius 1 is 1.12 bits per heavy atom. The lowest BCUT2D eigenvalue weighted by atomic mass is 9.95. The van der Waals surface area contributed by atoms with Crippen molar-refractivity contribution in [2.24, 2.45) is 4.99 Å². The van der Waals surface area contributed by atoms with E-state index < -0.39 is 28.5 Å². The van der Waals surface area contributed by atoms with E-state index in [1.54, 1.807) is 51.1 Å². The first-order valence-electron chi connectivity index (χ1n) is 12.6. The van der Waals surface area contributed by atoms with Gasteiger partial charge in [0.25, 0.3) is 11.2 Å². The predicted octanol–water partition coefficient (Wildman–Crippen LogP) is 2.66. The van der Waals surface area contributed by atoms with Crippen LogP contribution >= 0.6 is 11.3 Å². The third-order valence-electron chi connectivity index (χ3n) is 6.05. The number of hydrogen-bond acceptors (Lipinski definition) is 11. The number of carbonyl (C=O) groups excluding carboxylic acids is 2. The lowest BCUT2D eigenvalue weighted by Crippen LogP contribution is -2.40. The minimum atomic E-state index is -0.925. The molecule has 0 N–H and O–H groups in total. The second-order valence-electron chi connectivity index (χ2n) is 8.66. The molecule has 2 heterocycles. The van der Waals surface area contributed by atoms with E-state index in [0.29, 0.717) is 27.4 Å². The van der Waals surface area contributed by atoms with Crippen LogP contribution in [-0.2, 0) is 19.1 Å². The number of rotatable bonds is 10. The molecule has 13 heteroatoms. The van der Waals surface area contributed by atoms with E-state index in [9.17, 15) is 24.5 Å². The van der Waals surface area contributed by atoms with Crippen LogP contribution in [0.4, 0.5) is 5.69 Å². The van der Waals surface area contributed by atoms with E-state index >= 15 is 0 Å². The van der Waals surface area contributed by atoms with Gasteiger partial charge in [0, 0.05) is 12.1 Å². The summed E-state index contributed by atoms with van der Waals surface area (Å²) in [6, 6.07) is 9.87. The Balaban J connectivity index is 1.90. The quantitative estimate of drug-likeness (QED) is 0.200. The molecule has 12 nitrogen and oxygen atoms in total. The summed E-state index contributed by atoms with van der Waals surface area (Å²) >= 11 is 1.10. The molecule has 3 aromatic rings. The largest absolute Gasteiger partial charge is 0.490 e. The number of esters is 2. The average Bonchev–Trinajstić information content (AvgIpc) is 3.25. The molecule has 2 aromatic carbocycles. The summed E-state index contributed by atoms with van der Waals surface area (Å²) in [5.41, 5.74) is 0.978. The summed E-state index contributed by atoms with van der Waals surface area (Å²) < 4.78 is 23.0. The zero-order valence-corrected chi connectivity index (χ0v) is 23.6. The van der Waals surface area contributed by atoms with Gasteiger partial charge in [-0.05, 0) is 50.1 Å². The molecule has 1 aromatic heterocycles. The molecule has 0 unspecified atom stereocenters. The van der Waals surface area contributed by atoms with Gasteiger partial charge in [0.1, 0.15) is 0 Å². The molecule has 0 spiro atoms. The van der Waals surface area contributed by atoms with Gasteiger partial charge in [-0.3, -0.25) is 19.5 Å². The van der Waals surface area contributed by atoms with Crippen LogP contribution in [0.25, 0.3) is 6.08 Å². The van der Waals surface area contributed by atoms with Crippen molar-refractivity contribution in [3.8, 4) is 11.5 Å². The Morgan fingerprint density at radius 3 is 2.59 bits per heavy atom. The highest BCUT2D eigenvalue weighted by Gasteiger charge is 2.34. The first-order valence-corrected chi connectivity index (χ1v) is 13.4. The minimum Gasteiger partial charge on any atom is -0.490 e. The van der Waals surface area contributed by atoms with Crippen LogP contribution in [0, 0.1) is 10.1 Å². The third kappa shape index (κ3) is 6.19. The van der Waals surface area contributed by atoms with Gasteiger partial charge in [0.05, 0.1) is 47.1 Å². The van der Waals surface area contributed by atoms with E-state index in [1.165, 1.54) is 29.9 Å². The van der Waals surface area contributed by atoms with E-state index in [1.807, 2.05) is 0 Å². The van der Waals surface area contributed by atoms with Crippen LogP contribution in [0.1, 0.15) is 37.9 Å². The summed E-state index contributed by atoms with van der Waals surface area (Å²) in [7, 11) is 1.25. The number of fused-ring (bicyclic) bond motifs is 1. The van der Waals surface area contributed by atoms with Gasteiger partial charge in [-0.25, -0.2) is 14.6 Å². The van der Waals surface area contributed by atoms with Crippen molar-refractivity contribution >= 4 is 35.0 Å². The number of benzene rings is 2. The monoisotopic (exact) mass is 581 g/mol. The second kappa shape index (κ2) is 12.6. The van der Waals surface area contributed by atoms with Crippen molar-refractivity contribution in [3.05, 3.63) is 94.7 Å². The maximum atomic E-state index is 13.8. The summed E-state index contributed by atoms with van der Waals surface area (Å²) in [6.45, 7) is 5.18. The molecule has 0 amide bonds. The van der Waals surface area contributed by atoms with Crippen molar-refractivity contribution in [1.82, 2.24) is 4.57 Å². The summed E-state index contributed by atoms with van der Waals surface area (Å²) in [5, 5.41) is 11.2. The lowest BCUT2D eigenvalue weighted by molar-refractivity contribution is -0.384. The van der Waals surface area contributed by atoms with Crippen LogP contribution in [0.3, 0.4) is 0 Å². The van der Waals surface area contributed by atoms with Gasteiger partial charge in [0.2, 0.25) is 0 Å². The fraction of sp³-hybridized carbons (Fsp3) is 0.286. The summed E-state index contributed by atoms with van der Waals surface area (Å²) in [4.78, 5) is 54.2. The molecule has 4 rings (SSSR count). The number of nitrogens with zero attached hydrogens (tertiary/aromatic N) is 3. The van der Waals surface area contributed by atoms with Crippen LogP contribution < -0.4 is 24.4 Å². The zero-order chi connectivity index (χ0) is 29.7. The van der Waals surface area contributed by atoms with Crippen LogP contribution in [0.2, 0.25) is 0 Å². The highest BCUT2D eigenvalue weighted by molar-refractivity contribution is 7.07. The van der Waals surface area contributed by atoms with Crippen LogP contribution in [0.15, 0.2) is 63.5 Å². The van der Waals surface area contributed by atoms with Gasteiger partial charge in [0.15, 0.2) is 22.9 Å². The van der Waals surface area contributed by atoms with Crippen LogP contribution in [0.5, 0.6) is 11.5 Å². The van der Waals surface area contributed by atoms with Crippen LogP contribution in [-0.4, -0.2) is 48.4 Å². The Morgan fingerprint density at radius 2 is 1.90 bits per heavy atom. The van der Waals surface area contributed by atoms with Crippen molar-refractivity contribution < 1.29 is 33.5 Å². The molecule has 0 saturated heterocycles. The zero-order valence-electron chi connectivity index (χ0n) is 22.7. The predicted molar refractivity (Wildman–Crippen MR) is 149 cm³/mol. The Labute approximate surface area is 237 Å². The highest BCUT2D eigenvalue weighted by atomic mass is 32.1. The van der Waals surface area contributed by atoms with Crippen molar-refractivity contribution in [1.29, 1.82) is 0 Å². The van der Waals surface area contributed by atoms with Crippen molar-refractivity contribution in [2.45, 2.75) is 26.8 Å². The molecule has 0 radical (unpaired) electrons. The number of allylic oxidation sites excluding steroid dienone is 1. The van der Waals surface area contributed by atoms with Crippen molar-refractivity contribution in [2.75, 3.05) is 26.9 Å². The van der Waals surface area contributed by atoms with Gasteiger partial charge in [-0.1, -0.05) is 29.5 Å². The van der Waals surface area contributed by atoms with E-state index in [-0.39, 0.29) is 41.4 Å². The first kappa shape index (κ1) is 29.2. The summed E-state index contributed by atoms with van der Waals surface area (Å²) in [6.07, 6.45) is 1.55. The number of methoxy groups -OCH3 is 1.